The van der Waals surface area contributed by atoms with Crippen LogP contribution in [0.4, 0.5) is 5.69 Å². The van der Waals surface area contributed by atoms with Gasteiger partial charge in [-0.25, -0.2) is 0 Å². The lowest BCUT2D eigenvalue weighted by Crippen LogP contribution is -2.38. The average molecular weight is 272 g/mol. The number of benzene rings is 1. The standard InChI is InChI=1S/C17H24N2O/c1-2-19(15-7-3-4-8-15)17(20)14-9-10-16-13(12-14)6-5-11-18-16/h9-10,12,15,18H,2-8,11H2,1H3. The second-order valence-corrected chi connectivity index (χ2v) is 5.93. The van der Waals surface area contributed by atoms with Gasteiger partial charge in [0.1, 0.15) is 0 Å². The molecule has 0 saturated heterocycles. The van der Waals surface area contributed by atoms with Crippen LogP contribution in [0.1, 0.15) is 54.9 Å². The molecule has 1 aromatic rings. The van der Waals surface area contributed by atoms with Gasteiger partial charge in [0, 0.05) is 30.4 Å². The van der Waals surface area contributed by atoms with Crippen LogP contribution in [-0.2, 0) is 6.42 Å². The quantitative estimate of drug-likeness (QED) is 0.914. The molecular weight excluding hydrogens is 248 g/mol. The fourth-order valence-corrected chi connectivity index (χ4v) is 3.56. The van der Waals surface area contributed by atoms with Gasteiger partial charge in [0.2, 0.25) is 0 Å². The molecule has 20 heavy (non-hydrogen) atoms. The fraction of sp³-hybridized carbons (Fsp3) is 0.588. The molecule has 0 atom stereocenters. The molecule has 1 aliphatic carbocycles. The fourth-order valence-electron chi connectivity index (χ4n) is 3.56. The van der Waals surface area contributed by atoms with E-state index < -0.39 is 0 Å². The molecule has 1 aromatic carbocycles. The number of hydrogen-bond acceptors (Lipinski definition) is 2. The molecule has 1 heterocycles. The highest BCUT2D eigenvalue weighted by molar-refractivity contribution is 5.95. The summed E-state index contributed by atoms with van der Waals surface area (Å²) >= 11 is 0. The summed E-state index contributed by atoms with van der Waals surface area (Å²) in [6.45, 7) is 3.96. The van der Waals surface area contributed by atoms with Crippen molar-refractivity contribution in [2.24, 2.45) is 0 Å². The van der Waals surface area contributed by atoms with Gasteiger partial charge in [0.05, 0.1) is 0 Å². The molecule has 1 saturated carbocycles. The maximum atomic E-state index is 12.8. The molecule has 3 rings (SSSR count). The first kappa shape index (κ1) is 13.5. The summed E-state index contributed by atoms with van der Waals surface area (Å²) in [5, 5.41) is 3.40. The zero-order chi connectivity index (χ0) is 13.9. The smallest absolute Gasteiger partial charge is 0.254 e. The number of rotatable bonds is 3. The molecule has 1 amide bonds. The number of nitrogens with one attached hydrogen (secondary N) is 1. The highest BCUT2D eigenvalue weighted by Gasteiger charge is 2.26. The van der Waals surface area contributed by atoms with E-state index in [1.54, 1.807) is 0 Å². The van der Waals surface area contributed by atoms with Crippen molar-refractivity contribution in [2.75, 3.05) is 18.4 Å². The minimum atomic E-state index is 0.216. The molecule has 1 aliphatic heterocycles. The van der Waals surface area contributed by atoms with E-state index in [1.165, 1.54) is 36.9 Å². The van der Waals surface area contributed by atoms with Crippen molar-refractivity contribution in [3.05, 3.63) is 29.3 Å². The number of carbonyl (C=O) groups is 1. The Morgan fingerprint density at radius 1 is 1.30 bits per heavy atom. The maximum Gasteiger partial charge on any atom is 0.254 e. The molecule has 0 radical (unpaired) electrons. The van der Waals surface area contributed by atoms with Gasteiger partial charge in [0.15, 0.2) is 0 Å². The SMILES string of the molecule is CCN(C(=O)c1ccc2c(c1)CCCN2)C1CCCC1. The molecule has 3 nitrogen and oxygen atoms in total. The van der Waals surface area contributed by atoms with Crippen LogP contribution in [-0.4, -0.2) is 29.9 Å². The minimum absolute atomic E-state index is 0.216. The van der Waals surface area contributed by atoms with Gasteiger partial charge in [-0.15, -0.1) is 0 Å². The summed E-state index contributed by atoms with van der Waals surface area (Å²) in [5.74, 6) is 0.216. The predicted octanol–water partition coefficient (Wildman–Crippen LogP) is 3.45. The summed E-state index contributed by atoms with van der Waals surface area (Å²) < 4.78 is 0. The van der Waals surface area contributed by atoms with Crippen molar-refractivity contribution < 1.29 is 4.79 Å². The Labute approximate surface area is 121 Å². The number of aryl methyl sites for hydroxylation is 1. The molecule has 0 unspecified atom stereocenters. The Hall–Kier alpha value is -1.51. The van der Waals surface area contributed by atoms with Crippen molar-refractivity contribution in [3.63, 3.8) is 0 Å². The van der Waals surface area contributed by atoms with Crippen molar-refractivity contribution in [1.29, 1.82) is 0 Å². The zero-order valence-corrected chi connectivity index (χ0v) is 12.3. The third kappa shape index (κ3) is 2.54. The number of fused-ring (bicyclic) bond motifs is 1. The number of hydrogen-bond donors (Lipinski definition) is 1. The molecule has 108 valence electrons. The Balaban J connectivity index is 1.81. The van der Waals surface area contributed by atoms with Gasteiger partial charge < -0.3 is 10.2 Å². The van der Waals surface area contributed by atoms with Crippen molar-refractivity contribution >= 4 is 11.6 Å². The van der Waals surface area contributed by atoms with E-state index in [1.807, 2.05) is 6.07 Å². The lowest BCUT2D eigenvalue weighted by atomic mass is 10.00. The molecule has 3 heteroatoms. The molecule has 0 bridgehead atoms. The van der Waals surface area contributed by atoms with Crippen molar-refractivity contribution in [2.45, 2.75) is 51.5 Å². The first-order chi connectivity index (χ1) is 9.79. The Morgan fingerprint density at radius 3 is 2.85 bits per heavy atom. The third-order valence-corrected chi connectivity index (χ3v) is 4.66. The topological polar surface area (TPSA) is 32.3 Å². The molecule has 1 N–H and O–H groups in total. The van der Waals surface area contributed by atoms with Crippen LogP contribution in [0.3, 0.4) is 0 Å². The van der Waals surface area contributed by atoms with E-state index in [4.69, 9.17) is 0 Å². The van der Waals surface area contributed by atoms with Crippen molar-refractivity contribution in [3.8, 4) is 0 Å². The zero-order valence-electron chi connectivity index (χ0n) is 12.3. The van der Waals surface area contributed by atoms with Crippen LogP contribution in [0.2, 0.25) is 0 Å². The van der Waals surface area contributed by atoms with Crippen molar-refractivity contribution in [1.82, 2.24) is 4.90 Å². The first-order valence-corrected chi connectivity index (χ1v) is 7.97. The summed E-state index contributed by atoms with van der Waals surface area (Å²) in [6, 6.07) is 6.62. The van der Waals surface area contributed by atoms with E-state index >= 15 is 0 Å². The van der Waals surface area contributed by atoms with E-state index in [2.05, 4.69) is 29.3 Å². The average Bonchev–Trinajstić information content (AvgIpc) is 3.01. The maximum absolute atomic E-state index is 12.8. The second kappa shape index (κ2) is 5.86. The monoisotopic (exact) mass is 272 g/mol. The Bertz CT molecular complexity index is 492. The van der Waals surface area contributed by atoms with Gasteiger partial charge >= 0.3 is 0 Å². The van der Waals surface area contributed by atoms with E-state index in [0.717, 1.165) is 31.5 Å². The Kier molecular flexibility index (Phi) is 3.95. The van der Waals surface area contributed by atoms with Crippen LogP contribution in [0.5, 0.6) is 0 Å². The predicted molar refractivity (Wildman–Crippen MR) is 82.2 cm³/mol. The summed E-state index contributed by atoms with van der Waals surface area (Å²) in [4.78, 5) is 14.8. The lowest BCUT2D eigenvalue weighted by Gasteiger charge is -2.28. The van der Waals surface area contributed by atoms with Crippen LogP contribution in [0.15, 0.2) is 18.2 Å². The van der Waals surface area contributed by atoms with Gasteiger partial charge in [-0.1, -0.05) is 12.8 Å². The van der Waals surface area contributed by atoms with E-state index in [0.29, 0.717) is 6.04 Å². The molecule has 1 fully saturated rings. The van der Waals surface area contributed by atoms with Crippen LogP contribution in [0, 0.1) is 0 Å². The highest BCUT2D eigenvalue weighted by Crippen LogP contribution is 2.27. The van der Waals surface area contributed by atoms with Crippen LogP contribution >= 0.6 is 0 Å². The third-order valence-electron chi connectivity index (χ3n) is 4.66. The molecule has 0 aromatic heterocycles. The van der Waals surface area contributed by atoms with Crippen LogP contribution in [0.25, 0.3) is 0 Å². The Morgan fingerprint density at radius 2 is 2.10 bits per heavy atom. The first-order valence-electron chi connectivity index (χ1n) is 7.97. The summed E-state index contributed by atoms with van der Waals surface area (Å²) in [6.07, 6.45) is 7.12. The molecular formula is C17H24N2O. The highest BCUT2D eigenvalue weighted by atomic mass is 16.2. The second-order valence-electron chi connectivity index (χ2n) is 5.93. The van der Waals surface area contributed by atoms with E-state index in [-0.39, 0.29) is 5.91 Å². The lowest BCUT2D eigenvalue weighted by molar-refractivity contribution is 0.0693. The minimum Gasteiger partial charge on any atom is -0.385 e. The number of nitrogens with zero attached hydrogens (tertiary/aromatic N) is 1. The van der Waals surface area contributed by atoms with Gasteiger partial charge in [-0.05, 0) is 56.4 Å². The van der Waals surface area contributed by atoms with E-state index in [9.17, 15) is 4.79 Å². The normalized spacial score (nSPS) is 18.4. The largest absolute Gasteiger partial charge is 0.385 e. The number of carbonyl (C=O) groups excluding carboxylic acids is 1. The van der Waals surface area contributed by atoms with Crippen LogP contribution < -0.4 is 5.32 Å². The molecule has 0 spiro atoms. The number of anilines is 1. The van der Waals surface area contributed by atoms with Gasteiger partial charge in [0.25, 0.3) is 5.91 Å². The van der Waals surface area contributed by atoms with Gasteiger partial charge in [-0.2, -0.15) is 0 Å². The summed E-state index contributed by atoms with van der Waals surface area (Å²) in [7, 11) is 0. The number of amides is 1. The molecule has 2 aliphatic rings. The van der Waals surface area contributed by atoms with Gasteiger partial charge in [-0.3, -0.25) is 4.79 Å². The summed E-state index contributed by atoms with van der Waals surface area (Å²) in [5.41, 5.74) is 3.36.